The molecule has 114 valence electrons. The highest BCUT2D eigenvalue weighted by Gasteiger charge is 2.28. The van der Waals surface area contributed by atoms with Gasteiger partial charge in [0, 0.05) is 4.47 Å². The van der Waals surface area contributed by atoms with Gasteiger partial charge in [-0.25, -0.2) is 13.1 Å². The number of rotatable bonds is 7. The molecule has 1 rings (SSSR count). The normalized spacial score (nSPS) is 16.6. The Kier molecular flexibility index (Phi) is 6.64. The van der Waals surface area contributed by atoms with Crippen LogP contribution < -0.4 is 4.72 Å². The van der Waals surface area contributed by atoms with E-state index in [1.807, 2.05) is 20.8 Å². The molecule has 0 saturated heterocycles. The monoisotopic (exact) mass is 363 g/mol. The summed E-state index contributed by atoms with van der Waals surface area (Å²) in [5, 5.41) is 10.0. The van der Waals surface area contributed by atoms with Crippen molar-refractivity contribution in [2.45, 2.75) is 50.7 Å². The van der Waals surface area contributed by atoms with Crippen molar-refractivity contribution in [2.75, 3.05) is 0 Å². The molecular weight excluding hydrogens is 342 g/mol. The fourth-order valence-corrected chi connectivity index (χ4v) is 3.59. The van der Waals surface area contributed by atoms with Crippen LogP contribution >= 0.6 is 15.9 Å². The number of benzene rings is 1. The predicted octanol–water partition coefficient (Wildman–Crippen LogP) is 2.91. The van der Waals surface area contributed by atoms with Crippen LogP contribution in [0.25, 0.3) is 0 Å². The minimum Gasteiger partial charge on any atom is -0.391 e. The van der Waals surface area contributed by atoms with Gasteiger partial charge in [0.1, 0.15) is 0 Å². The lowest BCUT2D eigenvalue weighted by molar-refractivity contribution is 0.107. The van der Waals surface area contributed by atoms with Crippen molar-refractivity contribution in [1.29, 1.82) is 0 Å². The molecule has 0 aliphatic carbocycles. The zero-order valence-electron chi connectivity index (χ0n) is 12.0. The fourth-order valence-electron chi connectivity index (χ4n) is 1.94. The van der Waals surface area contributed by atoms with E-state index in [4.69, 9.17) is 0 Å². The van der Waals surface area contributed by atoms with E-state index in [1.54, 1.807) is 24.3 Å². The average Bonchev–Trinajstić information content (AvgIpc) is 2.43. The zero-order chi connectivity index (χ0) is 15.3. The van der Waals surface area contributed by atoms with E-state index in [9.17, 15) is 13.5 Å². The first-order chi connectivity index (χ1) is 9.31. The van der Waals surface area contributed by atoms with Crippen LogP contribution in [0.3, 0.4) is 0 Å². The molecule has 1 aromatic rings. The number of halogens is 1. The summed E-state index contributed by atoms with van der Waals surface area (Å²) in [7, 11) is -3.62. The molecule has 0 aliphatic rings. The molecule has 0 aliphatic heterocycles. The molecule has 0 saturated carbocycles. The fraction of sp³-hybridized carbons (Fsp3) is 0.571. The summed E-state index contributed by atoms with van der Waals surface area (Å²) in [6.45, 7) is 5.76. The van der Waals surface area contributed by atoms with Gasteiger partial charge in [-0.2, -0.15) is 0 Å². The number of hydrogen-bond donors (Lipinski definition) is 2. The predicted molar refractivity (Wildman–Crippen MR) is 84.0 cm³/mol. The van der Waals surface area contributed by atoms with Gasteiger partial charge in [-0.1, -0.05) is 43.1 Å². The summed E-state index contributed by atoms with van der Waals surface area (Å²) in [6, 6.07) is 5.97. The summed E-state index contributed by atoms with van der Waals surface area (Å²) in [4.78, 5) is 0.206. The lowest BCUT2D eigenvalue weighted by Gasteiger charge is -2.28. The molecule has 4 nitrogen and oxygen atoms in total. The van der Waals surface area contributed by atoms with Gasteiger partial charge in [0.15, 0.2) is 0 Å². The summed E-state index contributed by atoms with van der Waals surface area (Å²) in [5.74, 6) is 0.0650. The van der Waals surface area contributed by atoms with Crippen LogP contribution in [0.4, 0.5) is 0 Å². The molecule has 0 bridgehead atoms. The van der Waals surface area contributed by atoms with Gasteiger partial charge in [-0.05, 0) is 36.6 Å². The van der Waals surface area contributed by atoms with Crippen molar-refractivity contribution in [3.05, 3.63) is 28.7 Å². The maximum absolute atomic E-state index is 12.4. The number of aliphatic hydroxyl groups is 1. The Hall–Kier alpha value is -0.430. The second-order valence-corrected chi connectivity index (χ2v) is 7.59. The van der Waals surface area contributed by atoms with Gasteiger partial charge in [0.05, 0.1) is 17.0 Å². The number of hydrogen-bond acceptors (Lipinski definition) is 3. The van der Waals surface area contributed by atoms with E-state index in [-0.39, 0.29) is 10.8 Å². The molecule has 0 heterocycles. The minimum atomic E-state index is -3.62. The zero-order valence-corrected chi connectivity index (χ0v) is 14.4. The Morgan fingerprint density at radius 3 is 2.20 bits per heavy atom. The Morgan fingerprint density at radius 1 is 1.20 bits per heavy atom. The van der Waals surface area contributed by atoms with Crippen LogP contribution in [0.1, 0.15) is 33.6 Å². The van der Waals surface area contributed by atoms with Gasteiger partial charge in [0.25, 0.3) is 0 Å². The molecule has 3 atom stereocenters. The van der Waals surface area contributed by atoms with Crippen molar-refractivity contribution in [1.82, 2.24) is 4.72 Å². The molecule has 0 aromatic heterocycles. The first-order valence-corrected chi connectivity index (χ1v) is 9.05. The Balaban J connectivity index is 2.99. The van der Waals surface area contributed by atoms with Crippen LogP contribution in [-0.4, -0.2) is 25.7 Å². The van der Waals surface area contributed by atoms with Crippen molar-refractivity contribution in [3.8, 4) is 0 Å². The van der Waals surface area contributed by atoms with Crippen molar-refractivity contribution in [2.24, 2.45) is 5.92 Å². The van der Waals surface area contributed by atoms with Crippen LogP contribution in [0.2, 0.25) is 0 Å². The quantitative estimate of drug-likeness (QED) is 0.782. The number of aliphatic hydroxyl groups excluding tert-OH is 1. The topological polar surface area (TPSA) is 66.4 Å². The highest BCUT2D eigenvalue weighted by atomic mass is 79.9. The lowest BCUT2D eigenvalue weighted by Crippen LogP contribution is -2.47. The molecule has 1 aromatic carbocycles. The van der Waals surface area contributed by atoms with Gasteiger partial charge >= 0.3 is 0 Å². The molecular formula is C14H22BrNO3S. The first-order valence-electron chi connectivity index (χ1n) is 6.77. The first kappa shape index (κ1) is 17.6. The van der Waals surface area contributed by atoms with Crippen LogP contribution in [0, 0.1) is 5.92 Å². The molecule has 0 fully saturated rings. The van der Waals surface area contributed by atoms with Crippen LogP contribution in [0.15, 0.2) is 33.6 Å². The Bertz CT molecular complexity index is 506. The second-order valence-electron chi connectivity index (χ2n) is 4.96. The molecule has 2 N–H and O–H groups in total. The van der Waals surface area contributed by atoms with Crippen molar-refractivity contribution in [3.63, 3.8) is 0 Å². The van der Waals surface area contributed by atoms with Crippen LogP contribution in [-0.2, 0) is 10.0 Å². The standard InChI is InChI=1S/C14H22BrNO3S/c1-4-10(3)14(13(17)5-2)16-20(18,19)12-8-6-11(15)7-9-12/h6-10,13-14,16-17H,4-5H2,1-3H3/t10-,13?,14-/m0/s1. The van der Waals surface area contributed by atoms with Gasteiger partial charge in [0.2, 0.25) is 10.0 Å². The largest absolute Gasteiger partial charge is 0.391 e. The summed E-state index contributed by atoms with van der Waals surface area (Å²) < 4.78 is 28.2. The molecule has 0 amide bonds. The molecule has 0 spiro atoms. The van der Waals surface area contributed by atoms with Crippen LogP contribution in [0.5, 0.6) is 0 Å². The van der Waals surface area contributed by atoms with E-state index in [0.717, 1.165) is 10.9 Å². The van der Waals surface area contributed by atoms with E-state index in [0.29, 0.717) is 6.42 Å². The molecule has 1 unspecified atom stereocenters. The van der Waals surface area contributed by atoms with Gasteiger partial charge in [-0.15, -0.1) is 0 Å². The third-order valence-electron chi connectivity index (χ3n) is 3.50. The van der Waals surface area contributed by atoms with E-state index < -0.39 is 22.2 Å². The summed E-state index contributed by atoms with van der Waals surface area (Å²) in [5.41, 5.74) is 0. The molecule has 20 heavy (non-hydrogen) atoms. The third kappa shape index (κ3) is 4.55. The Labute approximate surface area is 129 Å². The third-order valence-corrected chi connectivity index (χ3v) is 5.51. The SMILES string of the molecule is CCC(O)[C@@H](NS(=O)(=O)c1ccc(Br)cc1)[C@@H](C)CC. The molecule has 6 heteroatoms. The van der Waals surface area contributed by atoms with E-state index >= 15 is 0 Å². The Morgan fingerprint density at radius 2 is 1.75 bits per heavy atom. The van der Waals surface area contributed by atoms with E-state index in [2.05, 4.69) is 20.7 Å². The highest BCUT2D eigenvalue weighted by molar-refractivity contribution is 9.10. The van der Waals surface area contributed by atoms with Gasteiger partial charge in [-0.3, -0.25) is 0 Å². The second kappa shape index (κ2) is 7.54. The summed E-state index contributed by atoms with van der Waals surface area (Å²) >= 11 is 3.28. The van der Waals surface area contributed by atoms with Gasteiger partial charge < -0.3 is 5.11 Å². The highest BCUT2D eigenvalue weighted by Crippen LogP contribution is 2.19. The number of nitrogens with one attached hydrogen (secondary N) is 1. The maximum Gasteiger partial charge on any atom is 0.240 e. The van der Waals surface area contributed by atoms with Crippen molar-refractivity contribution >= 4 is 26.0 Å². The maximum atomic E-state index is 12.4. The minimum absolute atomic E-state index is 0.0650. The summed E-state index contributed by atoms with van der Waals surface area (Å²) in [6.07, 6.45) is 0.623. The average molecular weight is 364 g/mol. The van der Waals surface area contributed by atoms with E-state index in [1.165, 1.54) is 0 Å². The molecule has 0 radical (unpaired) electrons. The number of sulfonamides is 1. The van der Waals surface area contributed by atoms with Crippen molar-refractivity contribution < 1.29 is 13.5 Å². The smallest absolute Gasteiger partial charge is 0.240 e. The lowest BCUT2D eigenvalue weighted by atomic mass is 9.94.